The lowest BCUT2D eigenvalue weighted by atomic mass is 10.1. The number of halogens is 2. The molecular weight excluding hydrogens is 403 g/mol. The molecule has 0 spiro atoms. The fourth-order valence-corrected chi connectivity index (χ4v) is 2.76. The molecule has 0 aliphatic rings. The number of para-hydroxylation sites is 1. The van der Waals surface area contributed by atoms with Crippen LogP contribution in [0.4, 0.5) is 0 Å². The second-order valence-corrected chi connectivity index (χ2v) is 5.97. The monoisotopic (exact) mass is 412 g/mol. The van der Waals surface area contributed by atoms with E-state index >= 15 is 0 Å². The van der Waals surface area contributed by atoms with E-state index in [1.54, 1.807) is 29.1 Å². The Morgan fingerprint density at radius 3 is 2.57 bits per heavy atom. The second-order valence-electron chi connectivity index (χ2n) is 4.40. The summed E-state index contributed by atoms with van der Waals surface area (Å²) in [6, 6.07) is 12.1. The summed E-state index contributed by atoms with van der Waals surface area (Å²) >= 11 is 8.21. The molecule has 0 aliphatic heterocycles. The standard InChI is InChI=1S/C15H10ClIN2O2/c16-10-3-1-2-4-13(10)19-12(5-6-18-19)9-7-11(17)15(21)8-14(9)20/h1-8,20-21H. The fraction of sp³-hybridized carbons (Fsp3) is 0. The lowest BCUT2D eigenvalue weighted by molar-refractivity contribution is 0.449. The van der Waals surface area contributed by atoms with E-state index in [9.17, 15) is 10.2 Å². The van der Waals surface area contributed by atoms with Crippen LogP contribution in [0.25, 0.3) is 16.9 Å². The van der Waals surface area contributed by atoms with Crippen molar-refractivity contribution in [2.75, 3.05) is 0 Å². The van der Waals surface area contributed by atoms with Gasteiger partial charge in [-0.2, -0.15) is 5.10 Å². The maximum absolute atomic E-state index is 10.1. The third-order valence-corrected chi connectivity index (χ3v) is 4.25. The van der Waals surface area contributed by atoms with Crippen molar-refractivity contribution in [1.82, 2.24) is 9.78 Å². The van der Waals surface area contributed by atoms with Gasteiger partial charge < -0.3 is 10.2 Å². The maximum Gasteiger partial charge on any atom is 0.132 e. The quantitative estimate of drug-likeness (QED) is 0.620. The summed E-state index contributed by atoms with van der Waals surface area (Å²) in [6.07, 6.45) is 1.64. The van der Waals surface area contributed by atoms with Crippen LogP contribution in [-0.2, 0) is 0 Å². The van der Waals surface area contributed by atoms with Crippen molar-refractivity contribution in [2.45, 2.75) is 0 Å². The molecule has 21 heavy (non-hydrogen) atoms. The van der Waals surface area contributed by atoms with Gasteiger partial charge in [0.05, 0.1) is 26.2 Å². The number of aromatic nitrogens is 2. The molecule has 0 saturated carbocycles. The largest absolute Gasteiger partial charge is 0.507 e. The highest BCUT2D eigenvalue weighted by atomic mass is 127. The molecular formula is C15H10ClIN2O2. The van der Waals surface area contributed by atoms with Gasteiger partial charge in [0.1, 0.15) is 11.5 Å². The molecule has 2 N–H and O–H groups in total. The molecule has 3 rings (SSSR count). The highest BCUT2D eigenvalue weighted by molar-refractivity contribution is 14.1. The minimum absolute atomic E-state index is 0.0123. The minimum Gasteiger partial charge on any atom is -0.507 e. The number of hydrogen-bond acceptors (Lipinski definition) is 3. The average Bonchev–Trinajstić information content (AvgIpc) is 2.92. The number of benzene rings is 2. The highest BCUT2D eigenvalue weighted by Crippen LogP contribution is 2.36. The Morgan fingerprint density at radius 1 is 1.05 bits per heavy atom. The zero-order chi connectivity index (χ0) is 15.0. The van der Waals surface area contributed by atoms with E-state index < -0.39 is 0 Å². The number of hydrogen-bond donors (Lipinski definition) is 2. The SMILES string of the molecule is Oc1cc(O)c(-c2ccnn2-c2ccccc2Cl)cc1I. The van der Waals surface area contributed by atoms with Crippen molar-refractivity contribution >= 4 is 34.2 Å². The third kappa shape index (κ3) is 2.58. The maximum atomic E-state index is 10.1. The van der Waals surface area contributed by atoms with Crippen LogP contribution < -0.4 is 0 Å². The Balaban J connectivity index is 2.21. The van der Waals surface area contributed by atoms with E-state index in [0.29, 0.717) is 19.9 Å². The van der Waals surface area contributed by atoms with Gasteiger partial charge in [0.25, 0.3) is 0 Å². The summed E-state index contributed by atoms with van der Waals surface area (Å²) in [7, 11) is 0. The lowest BCUT2D eigenvalue weighted by Crippen LogP contribution is -2.00. The smallest absolute Gasteiger partial charge is 0.132 e. The molecule has 0 aliphatic carbocycles. The van der Waals surface area contributed by atoms with E-state index in [1.165, 1.54) is 6.07 Å². The third-order valence-electron chi connectivity index (χ3n) is 3.06. The number of rotatable bonds is 2. The molecule has 1 heterocycles. The molecule has 4 nitrogen and oxygen atoms in total. The Hall–Kier alpha value is -1.73. The Kier molecular flexibility index (Phi) is 3.77. The summed E-state index contributed by atoms with van der Waals surface area (Å²) in [5, 5.41) is 24.6. The first-order valence-electron chi connectivity index (χ1n) is 6.08. The molecule has 6 heteroatoms. The van der Waals surface area contributed by atoms with Gasteiger partial charge in [-0.1, -0.05) is 23.7 Å². The van der Waals surface area contributed by atoms with Crippen molar-refractivity contribution in [3.63, 3.8) is 0 Å². The van der Waals surface area contributed by atoms with Crippen LogP contribution in [-0.4, -0.2) is 20.0 Å². The summed E-state index contributed by atoms with van der Waals surface area (Å²) in [6.45, 7) is 0. The molecule has 0 unspecified atom stereocenters. The molecule has 0 bridgehead atoms. The van der Waals surface area contributed by atoms with Gasteiger partial charge in [-0.15, -0.1) is 0 Å². The predicted molar refractivity (Wildman–Crippen MR) is 90.1 cm³/mol. The van der Waals surface area contributed by atoms with Crippen LogP contribution in [0.3, 0.4) is 0 Å². The molecule has 3 aromatic rings. The molecule has 0 radical (unpaired) electrons. The molecule has 106 valence electrons. The number of phenolic OH excluding ortho intramolecular Hbond substituents is 2. The van der Waals surface area contributed by atoms with E-state index in [-0.39, 0.29) is 11.5 Å². The average molecular weight is 413 g/mol. The predicted octanol–water partition coefficient (Wildman–Crippen LogP) is 4.21. The van der Waals surface area contributed by atoms with E-state index in [0.717, 1.165) is 5.69 Å². The Bertz CT molecular complexity index is 817. The van der Waals surface area contributed by atoms with Crippen LogP contribution in [0.5, 0.6) is 11.5 Å². The highest BCUT2D eigenvalue weighted by Gasteiger charge is 2.15. The van der Waals surface area contributed by atoms with Gasteiger partial charge in [-0.25, -0.2) is 4.68 Å². The van der Waals surface area contributed by atoms with Gasteiger partial charge in [0.15, 0.2) is 0 Å². The molecule has 1 aromatic heterocycles. The van der Waals surface area contributed by atoms with E-state index in [2.05, 4.69) is 5.10 Å². The van der Waals surface area contributed by atoms with Crippen LogP contribution >= 0.6 is 34.2 Å². The zero-order valence-corrected chi connectivity index (χ0v) is 13.6. The molecule has 2 aromatic carbocycles. The Labute approximate surface area is 139 Å². The van der Waals surface area contributed by atoms with Gasteiger partial charge >= 0.3 is 0 Å². The number of aromatic hydroxyl groups is 2. The van der Waals surface area contributed by atoms with Crippen LogP contribution in [0.2, 0.25) is 5.02 Å². The van der Waals surface area contributed by atoms with Crippen molar-refractivity contribution in [1.29, 1.82) is 0 Å². The fourth-order valence-electron chi connectivity index (χ4n) is 2.08. The van der Waals surface area contributed by atoms with Crippen LogP contribution in [0.1, 0.15) is 0 Å². The topological polar surface area (TPSA) is 58.3 Å². The first-order valence-corrected chi connectivity index (χ1v) is 7.54. The van der Waals surface area contributed by atoms with Crippen LogP contribution in [0.15, 0.2) is 48.7 Å². The zero-order valence-electron chi connectivity index (χ0n) is 10.7. The Morgan fingerprint density at radius 2 is 1.81 bits per heavy atom. The first-order chi connectivity index (χ1) is 10.1. The molecule has 0 fully saturated rings. The van der Waals surface area contributed by atoms with Crippen molar-refractivity contribution < 1.29 is 10.2 Å². The van der Waals surface area contributed by atoms with Gasteiger partial charge in [0, 0.05) is 11.6 Å². The van der Waals surface area contributed by atoms with E-state index in [4.69, 9.17) is 11.6 Å². The number of nitrogens with zero attached hydrogens (tertiary/aromatic N) is 2. The minimum atomic E-state index is -0.0123. The van der Waals surface area contributed by atoms with Gasteiger partial charge in [0.2, 0.25) is 0 Å². The van der Waals surface area contributed by atoms with Crippen molar-refractivity contribution in [2.24, 2.45) is 0 Å². The number of phenols is 2. The summed E-state index contributed by atoms with van der Waals surface area (Å²) in [4.78, 5) is 0. The van der Waals surface area contributed by atoms with E-state index in [1.807, 2.05) is 40.8 Å². The molecule has 0 amide bonds. The van der Waals surface area contributed by atoms with Gasteiger partial charge in [-0.3, -0.25) is 0 Å². The summed E-state index contributed by atoms with van der Waals surface area (Å²) in [5.74, 6) is 0.0300. The normalized spacial score (nSPS) is 10.8. The summed E-state index contributed by atoms with van der Waals surface area (Å²) < 4.78 is 2.30. The summed E-state index contributed by atoms with van der Waals surface area (Å²) in [5.41, 5.74) is 2.00. The first kappa shape index (κ1) is 14.2. The van der Waals surface area contributed by atoms with Crippen molar-refractivity contribution in [3.8, 4) is 28.4 Å². The second kappa shape index (κ2) is 5.57. The lowest BCUT2D eigenvalue weighted by Gasteiger charge is -2.11. The molecule has 0 atom stereocenters. The van der Waals surface area contributed by atoms with Gasteiger partial charge in [-0.05, 0) is 46.9 Å². The van der Waals surface area contributed by atoms with Crippen molar-refractivity contribution in [3.05, 3.63) is 57.3 Å². The van der Waals surface area contributed by atoms with Crippen LogP contribution in [0, 0.1) is 3.57 Å². The molecule has 0 saturated heterocycles.